The molecular weight excluding hydrogens is 230 g/mol. The number of aliphatic hydroxyl groups is 1. The molecule has 0 radical (unpaired) electrons. The molecule has 16 heavy (non-hydrogen) atoms. The Balaban J connectivity index is 2.12. The van der Waals surface area contributed by atoms with Gasteiger partial charge in [-0.2, -0.15) is 11.3 Å². The molecule has 2 aromatic rings. The summed E-state index contributed by atoms with van der Waals surface area (Å²) in [6.45, 7) is 0. The fourth-order valence-electron chi connectivity index (χ4n) is 1.47. The Hall–Kier alpha value is -1.26. The van der Waals surface area contributed by atoms with E-state index in [-0.39, 0.29) is 6.42 Å². The van der Waals surface area contributed by atoms with Crippen molar-refractivity contribution in [1.29, 1.82) is 0 Å². The van der Waals surface area contributed by atoms with Gasteiger partial charge < -0.3 is 5.11 Å². The molecule has 0 spiro atoms. The quantitative estimate of drug-likeness (QED) is 0.872. The summed E-state index contributed by atoms with van der Waals surface area (Å²) in [4.78, 5) is 0. The van der Waals surface area contributed by atoms with Gasteiger partial charge in [0.1, 0.15) is 0 Å². The minimum atomic E-state index is -0.880. The summed E-state index contributed by atoms with van der Waals surface area (Å²) in [6, 6.07) is 5.49. The number of rotatable bonds is 3. The van der Waals surface area contributed by atoms with E-state index in [4.69, 9.17) is 0 Å². The van der Waals surface area contributed by atoms with Gasteiger partial charge in [-0.05, 0) is 40.1 Å². The molecule has 1 unspecified atom stereocenters. The summed E-state index contributed by atoms with van der Waals surface area (Å²) in [7, 11) is 0. The van der Waals surface area contributed by atoms with Gasteiger partial charge in [0.05, 0.1) is 6.10 Å². The van der Waals surface area contributed by atoms with Crippen molar-refractivity contribution < 1.29 is 13.9 Å². The number of halogens is 2. The Morgan fingerprint density at radius 1 is 1.19 bits per heavy atom. The van der Waals surface area contributed by atoms with E-state index in [0.29, 0.717) is 5.56 Å². The highest BCUT2D eigenvalue weighted by Crippen LogP contribution is 2.21. The molecular formula is C12H10F2OS. The fraction of sp³-hybridized carbons (Fsp3) is 0.167. The van der Waals surface area contributed by atoms with Crippen LogP contribution in [-0.2, 0) is 6.42 Å². The molecule has 0 aliphatic carbocycles. The van der Waals surface area contributed by atoms with Crippen LogP contribution in [0.3, 0.4) is 0 Å². The van der Waals surface area contributed by atoms with Gasteiger partial charge in [-0.3, -0.25) is 0 Å². The third-order valence-corrected chi connectivity index (χ3v) is 3.04. The zero-order valence-corrected chi connectivity index (χ0v) is 9.18. The first-order valence-corrected chi connectivity index (χ1v) is 5.75. The predicted molar refractivity (Wildman–Crippen MR) is 59.3 cm³/mol. The summed E-state index contributed by atoms with van der Waals surface area (Å²) in [5.74, 6) is -1.75. The average Bonchev–Trinajstić information content (AvgIpc) is 2.77. The molecule has 1 atom stereocenters. The molecule has 1 aromatic carbocycles. The molecule has 0 fully saturated rings. The zero-order chi connectivity index (χ0) is 11.5. The van der Waals surface area contributed by atoms with E-state index in [1.165, 1.54) is 17.4 Å². The van der Waals surface area contributed by atoms with E-state index < -0.39 is 17.7 Å². The number of benzene rings is 1. The van der Waals surface area contributed by atoms with Gasteiger partial charge >= 0.3 is 0 Å². The average molecular weight is 240 g/mol. The van der Waals surface area contributed by atoms with Gasteiger partial charge in [-0.1, -0.05) is 6.07 Å². The maximum atomic E-state index is 12.9. The number of aliphatic hydroxyl groups excluding tert-OH is 1. The first-order valence-electron chi connectivity index (χ1n) is 4.81. The van der Waals surface area contributed by atoms with E-state index in [0.717, 1.165) is 17.7 Å². The van der Waals surface area contributed by atoms with Crippen molar-refractivity contribution >= 4 is 11.3 Å². The Labute approximate surface area is 96.0 Å². The van der Waals surface area contributed by atoms with Crippen molar-refractivity contribution in [1.82, 2.24) is 0 Å². The van der Waals surface area contributed by atoms with E-state index in [9.17, 15) is 13.9 Å². The van der Waals surface area contributed by atoms with E-state index in [1.54, 1.807) is 0 Å². The van der Waals surface area contributed by atoms with Crippen LogP contribution in [0.5, 0.6) is 0 Å². The summed E-state index contributed by atoms with van der Waals surface area (Å²) in [5, 5.41) is 13.5. The van der Waals surface area contributed by atoms with Gasteiger partial charge in [-0.15, -0.1) is 0 Å². The maximum absolute atomic E-state index is 12.9. The molecule has 1 nitrogen and oxygen atoms in total. The summed E-state index contributed by atoms with van der Waals surface area (Å²) in [5.41, 5.74) is 1.38. The molecule has 1 N–H and O–H groups in total. The molecule has 4 heteroatoms. The van der Waals surface area contributed by atoms with Gasteiger partial charge in [-0.25, -0.2) is 8.78 Å². The Morgan fingerprint density at radius 2 is 2.00 bits per heavy atom. The first kappa shape index (κ1) is 11.2. The molecule has 0 aliphatic heterocycles. The monoisotopic (exact) mass is 240 g/mol. The number of hydrogen-bond donors (Lipinski definition) is 1. The van der Waals surface area contributed by atoms with E-state index >= 15 is 0 Å². The zero-order valence-electron chi connectivity index (χ0n) is 8.36. The minimum absolute atomic E-state index is 0.286. The molecule has 2 rings (SSSR count). The van der Waals surface area contributed by atoms with Crippen LogP contribution >= 0.6 is 11.3 Å². The molecule has 0 saturated carbocycles. The second-order valence-electron chi connectivity index (χ2n) is 3.53. The SMILES string of the molecule is OC(Cc1ccc(F)c(F)c1)c1ccsc1. The predicted octanol–water partition coefficient (Wildman–Crippen LogP) is 3.30. The van der Waals surface area contributed by atoms with Crippen LogP contribution in [0.25, 0.3) is 0 Å². The highest BCUT2D eigenvalue weighted by Gasteiger charge is 2.10. The van der Waals surface area contributed by atoms with Crippen molar-refractivity contribution in [3.8, 4) is 0 Å². The molecule has 1 heterocycles. The normalized spacial score (nSPS) is 12.7. The van der Waals surface area contributed by atoms with Crippen molar-refractivity contribution in [2.24, 2.45) is 0 Å². The van der Waals surface area contributed by atoms with Crippen molar-refractivity contribution in [2.75, 3.05) is 0 Å². The van der Waals surface area contributed by atoms with Crippen LogP contribution < -0.4 is 0 Å². The molecule has 0 amide bonds. The van der Waals surface area contributed by atoms with Crippen LogP contribution in [0.15, 0.2) is 35.0 Å². The molecule has 0 bridgehead atoms. The van der Waals surface area contributed by atoms with Gasteiger partial charge in [0.2, 0.25) is 0 Å². The Bertz CT molecular complexity index is 468. The van der Waals surface area contributed by atoms with Crippen LogP contribution in [0.4, 0.5) is 8.78 Å². The van der Waals surface area contributed by atoms with Crippen molar-refractivity contribution in [3.63, 3.8) is 0 Å². The van der Waals surface area contributed by atoms with Crippen molar-refractivity contribution in [3.05, 3.63) is 57.8 Å². The molecule has 84 valence electrons. The third-order valence-electron chi connectivity index (χ3n) is 2.34. The van der Waals surface area contributed by atoms with E-state index in [1.807, 2.05) is 16.8 Å². The highest BCUT2D eigenvalue weighted by molar-refractivity contribution is 7.07. The van der Waals surface area contributed by atoms with Crippen LogP contribution in [0, 0.1) is 11.6 Å². The third kappa shape index (κ3) is 2.46. The number of hydrogen-bond acceptors (Lipinski definition) is 2. The van der Waals surface area contributed by atoms with E-state index in [2.05, 4.69) is 0 Å². The van der Waals surface area contributed by atoms with Crippen LogP contribution in [0.1, 0.15) is 17.2 Å². The first-order chi connectivity index (χ1) is 7.66. The topological polar surface area (TPSA) is 20.2 Å². The lowest BCUT2D eigenvalue weighted by molar-refractivity contribution is 0.179. The minimum Gasteiger partial charge on any atom is -0.388 e. The highest BCUT2D eigenvalue weighted by atomic mass is 32.1. The Morgan fingerprint density at radius 3 is 2.62 bits per heavy atom. The maximum Gasteiger partial charge on any atom is 0.159 e. The second kappa shape index (κ2) is 4.72. The standard InChI is InChI=1S/C12H10F2OS/c13-10-2-1-8(5-11(10)14)6-12(15)9-3-4-16-7-9/h1-5,7,12,15H,6H2. The second-order valence-corrected chi connectivity index (χ2v) is 4.31. The van der Waals surface area contributed by atoms with Gasteiger partial charge in [0, 0.05) is 6.42 Å². The van der Waals surface area contributed by atoms with Gasteiger partial charge in [0.15, 0.2) is 11.6 Å². The smallest absolute Gasteiger partial charge is 0.159 e. The molecule has 0 aliphatic rings. The van der Waals surface area contributed by atoms with Crippen molar-refractivity contribution in [2.45, 2.75) is 12.5 Å². The molecule has 0 saturated heterocycles. The number of thiophene rings is 1. The van der Waals surface area contributed by atoms with Gasteiger partial charge in [0.25, 0.3) is 0 Å². The fourth-order valence-corrected chi connectivity index (χ4v) is 2.18. The Kier molecular flexibility index (Phi) is 3.31. The van der Waals surface area contributed by atoms with Crippen LogP contribution in [0.2, 0.25) is 0 Å². The summed E-state index contributed by atoms with van der Waals surface area (Å²) < 4.78 is 25.6. The van der Waals surface area contributed by atoms with Crippen LogP contribution in [-0.4, -0.2) is 5.11 Å². The molecule has 1 aromatic heterocycles. The summed E-state index contributed by atoms with van der Waals surface area (Å²) >= 11 is 1.49. The summed E-state index contributed by atoms with van der Waals surface area (Å²) in [6.07, 6.45) is -0.385. The lowest BCUT2D eigenvalue weighted by Crippen LogP contribution is -2.01. The largest absolute Gasteiger partial charge is 0.388 e. The lowest BCUT2D eigenvalue weighted by Gasteiger charge is -2.08. The lowest BCUT2D eigenvalue weighted by atomic mass is 10.0.